The molecule has 1 N–H and O–H groups in total. The predicted octanol–water partition coefficient (Wildman–Crippen LogP) is 1.08. The first-order chi connectivity index (χ1) is 14.3. The number of aromatic nitrogens is 4. The van der Waals surface area contributed by atoms with Crippen molar-refractivity contribution in [3.63, 3.8) is 0 Å². The molecule has 0 atom stereocenters. The van der Waals surface area contributed by atoms with Gasteiger partial charge in [-0.2, -0.15) is 4.31 Å². The first-order valence-corrected chi connectivity index (χ1v) is 11.3. The summed E-state index contributed by atoms with van der Waals surface area (Å²) >= 11 is 0. The predicted molar refractivity (Wildman–Crippen MR) is 100 cm³/mol. The fraction of sp³-hybridized carbons (Fsp3) is 0.556. The summed E-state index contributed by atoms with van der Waals surface area (Å²) in [6.07, 6.45) is 2.89. The Morgan fingerprint density at radius 2 is 1.90 bits per heavy atom. The Bertz CT molecular complexity index is 1030. The summed E-state index contributed by atoms with van der Waals surface area (Å²) in [5, 5.41) is 14.3. The molecule has 9 nitrogen and oxygen atoms in total. The third-order valence-corrected chi connectivity index (χ3v) is 7.40. The molecule has 1 aromatic heterocycles. The lowest BCUT2D eigenvalue weighted by Crippen LogP contribution is -2.43. The number of hydrogen-bond donors (Lipinski definition) is 1. The molecular weight excluding hydrogens is 418 g/mol. The molecule has 1 aliphatic heterocycles. The molecule has 4 rings (SSSR count). The lowest BCUT2D eigenvalue weighted by Gasteiger charge is -2.30. The number of sulfonamides is 1. The van der Waals surface area contributed by atoms with Crippen molar-refractivity contribution in [3.05, 3.63) is 35.7 Å². The summed E-state index contributed by atoms with van der Waals surface area (Å²) in [6.45, 7) is 1.04. The van der Waals surface area contributed by atoms with Crippen LogP contribution in [0.25, 0.3) is 0 Å². The molecule has 2 aromatic rings. The van der Waals surface area contributed by atoms with E-state index in [9.17, 15) is 22.0 Å². The molecule has 1 saturated carbocycles. The second-order valence-corrected chi connectivity index (χ2v) is 9.60. The highest BCUT2D eigenvalue weighted by atomic mass is 32.2. The van der Waals surface area contributed by atoms with Gasteiger partial charge in [-0.25, -0.2) is 21.9 Å². The van der Waals surface area contributed by atoms with Crippen LogP contribution in [0.1, 0.15) is 31.5 Å². The van der Waals surface area contributed by atoms with Gasteiger partial charge >= 0.3 is 0 Å². The Kier molecular flexibility index (Phi) is 5.78. The van der Waals surface area contributed by atoms with Gasteiger partial charge in [-0.1, -0.05) is 0 Å². The lowest BCUT2D eigenvalue weighted by molar-refractivity contribution is -0.126. The summed E-state index contributed by atoms with van der Waals surface area (Å²) in [5.74, 6) is -1.23. The molecule has 30 heavy (non-hydrogen) atoms. The first kappa shape index (κ1) is 20.8. The molecule has 162 valence electrons. The van der Waals surface area contributed by atoms with E-state index in [4.69, 9.17) is 0 Å². The van der Waals surface area contributed by atoms with Crippen molar-refractivity contribution >= 4 is 15.9 Å². The summed E-state index contributed by atoms with van der Waals surface area (Å²) in [6, 6.07) is 2.33. The van der Waals surface area contributed by atoms with Crippen LogP contribution in [0, 0.1) is 23.5 Å². The van der Waals surface area contributed by atoms with Crippen molar-refractivity contribution in [1.29, 1.82) is 0 Å². The zero-order valence-electron chi connectivity index (χ0n) is 16.2. The highest BCUT2D eigenvalue weighted by Crippen LogP contribution is 2.30. The average Bonchev–Trinajstić information content (AvgIpc) is 3.44. The zero-order chi connectivity index (χ0) is 21.3. The smallest absolute Gasteiger partial charge is 0.246 e. The molecule has 1 amide bonds. The van der Waals surface area contributed by atoms with Gasteiger partial charge in [-0.05, 0) is 60.2 Å². The molecule has 12 heteroatoms. The van der Waals surface area contributed by atoms with Crippen molar-refractivity contribution < 1.29 is 22.0 Å². The Balaban J connectivity index is 1.32. The van der Waals surface area contributed by atoms with E-state index in [1.807, 2.05) is 0 Å². The Morgan fingerprint density at radius 3 is 2.60 bits per heavy atom. The van der Waals surface area contributed by atoms with Gasteiger partial charge in [0.1, 0.15) is 16.5 Å². The number of nitrogens with one attached hydrogen (secondary N) is 1. The van der Waals surface area contributed by atoms with Crippen LogP contribution in [0.3, 0.4) is 0 Å². The maximum Gasteiger partial charge on any atom is 0.246 e. The van der Waals surface area contributed by atoms with E-state index in [2.05, 4.69) is 20.8 Å². The van der Waals surface area contributed by atoms with Gasteiger partial charge in [0.25, 0.3) is 0 Å². The van der Waals surface area contributed by atoms with E-state index >= 15 is 0 Å². The third-order valence-electron chi connectivity index (χ3n) is 5.49. The van der Waals surface area contributed by atoms with E-state index < -0.39 is 26.6 Å². The molecule has 0 bridgehead atoms. The average molecular weight is 440 g/mol. The minimum atomic E-state index is -4.17. The fourth-order valence-electron chi connectivity index (χ4n) is 3.52. The van der Waals surface area contributed by atoms with Crippen molar-refractivity contribution in [2.45, 2.75) is 43.7 Å². The first-order valence-electron chi connectivity index (χ1n) is 9.82. The van der Waals surface area contributed by atoms with Crippen molar-refractivity contribution in [2.75, 3.05) is 13.1 Å². The second-order valence-electron chi connectivity index (χ2n) is 7.69. The Labute approximate surface area is 172 Å². The van der Waals surface area contributed by atoms with Gasteiger partial charge in [-0.3, -0.25) is 4.79 Å². The molecular formula is C18H22F2N6O3S. The maximum absolute atomic E-state index is 13.9. The number of halogens is 2. The van der Waals surface area contributed by atoms with Crippen molar-refractivity contribution in [3.8, 4) is 0 Å². The number of amides is 1. The molecule has 1 saturated heterocycles. The molecule has 1 aliphatic carbocycles. The minimum absolute atomic E-state index is 0.0514. The normalized spacial score (nSPS) is 18.5. The van der Waals surface area contributed by atoms with Gasteiger partial charge in [0.15, 0.2) is 5.82 Å². The Hall–Kier alpha value is -2.47. The summed E-state index contributed by atoms with van der Waals surface area (Å²) < 4.78 is 55.4. The van der Waals surface area contributed by atoms with Gasteiger partial charge in [0, 0.05) is 25.6 Å². The topological polar surface area (TPSA) is 110 Å². The number of benzene rings is 1. The monoisotopic (exact) mass is 440 g/mol. The van der Waals surface area contributed by atoms with Gasteiger partial charge in [0.05, 0.1) is 6.54 Å². The number of piperidine rings is 1. The molecule has 0 radical (unpaired) electrons. The number of tetrazole rings is 1. The van der Waals surface area contributed by atoms with Crippen LogP contribution in [-0.2, 0) is 27.9 Å². The molecule has 2 fully saturated rings. The zero-order valence-corrected chi connectivity index (χ0v) is 17.0. The van der Waals surface area contributed by atoms with Crippen LogP contribution < -0.4 is 5.32 Å². The SMILES string of the molecule is O=C(NCc1nnnn1CC1CC1)C1CCN(S(=O)(=O)c2cc(F)ccc2F)CC1. The van der Waals surface area contributed by atoms with E-state index in [0.29, 0.717) is 17.8 Å². The molecule has 0 unspecified atom stereocenters. The number of carbonyl (C=O) groups excluding carboxylic acids is 1. The van der Waals surface area contributed by atoms with Gasteiger partial charge in [0.2, 0.25) is 15.9 Å². The van der Waals surface area contributed by atoms with E-state index in [1.54, 1.807) is 4.68 Å². The van der Waals surface area contributed by atoms with Crippen LogP contribution >= 0.6 is 0 Å². The number of hydrogen-bond acceptors (Lipinski definition) is 6. The van der Waals surface area contributed by atoms with Crippen LogP contribution in [0.4, 0.5) is 8.78 Å². The molecule has 0 spiro atoms. The number of nitrogens with zero attached hydrogens (tertiary/aromatic N) is 5. The number of rotatable bonds is 7. The van der Waals surface area contributed by atoms with Crippen LogP contribution in [-0.4, -0.2) is 51.9 Å². The van der Waals surface area contributed by atoms with E-state index in [-0.39, 0.29) is 44.3 Å². The largest absolute Gasteiger partial charge is 0.348 e. The summed E-state index contributed by atoms with van der Waals surface area (Å²) in [7, 11) is -4.17. The lowest BCUT2D eigenvalue weighted by atomic mass is 9.97. The van der Waals surface area contributed by atoms with E-state index in [0.717, 1.165) is 35.8 Å². The molecule has 2 heterocycles. The van der Waals surface area contributed by atoms with Gasteiger partial charge < -0.3 is 5.32 Å². The Morgan fingerprint density at radius 1 is 1.17 bits per heavy atom. The van der Waals surface area contributed by atoms with E-state index in [1.165, 1.54) is 0 Å². The molecule has 2 aliphatic rings. The highest BCUT2D eigenvalue weighted by Gasteiger charge is 2.34. The number of carbonyl (C=O) groups is 1. The second kappa shape index (κ2) is 8.34. The van der Waals surface area contributed by atoms with Crippen molar-refractivity contribution in [2.24, 2.45) is 11.8 Å². The molecule has 1 aromatic carbocycles. The summed E-state index contributed by atoms with van der Waals surface area (Å²) in [4.78, 5) is 11.8. The minimum Gasteiger partial charge on any atom is -0.348 e. The van der Waals surface area contributed by atoms with Crippen LogP contribution in [0.5, 0.6) is 0 Å². The summed E-state index contributed by atoms with van der Waals surface area (Å²) in [5.41, 5.74) is 0. The van der Waals surface area contributed by atoms with Gasteiger partial charge in [-0.15, -0.1) is 5.10 Å². The quantitative estimate of drug-likeness (QED) is 0.690. The maximum atomic E-state index is 13.9. The highest BCUT2D eigenvalue weighted by molar-refractivity contribution is 7.89. The standard InChI is InChI=1S/C18H22F2N6O3S/c19-14-3-4-15(20)16(9-14)30(28,29)25-7-5-13(6-8-25)18(27)21-10-17-22-23-24-26(17)11-12-1-2-12/h3-4,9,12-13H,1-2,5-8,10-11H2,(H,21,27). The fourth-order valence-corrected chi connectivity index (χ4v) is 5.07. The third kappa shape index (κ3) is 4.48. The van der Waals surface area contributed by atoms with Crippen LogP contribution in [0.15, 0.2) is 23.1 Å². The van der Waals surface area contributed by atoms with Crippen LogP contribution in [0.2, 0.25) is 0 Å². The van der Waals surface area contributed by atoms with Crippen molar-refractivity contribution in [1.82, 2.24) is 29.8 Å².